The second kappa shape index (κ2) is 27.3. The van der Waals surface area contributed by atoms with Gasteiger partial charge in [0.25, 0.3) is 0 Å². The van der Waals surface area contributed by atoms with Crippen molar-refractivity contribution in [2.45, 2.75) is 141 Å². The predicted molar refractivity (Wildman–Crippen MR) is 229 cm³/mol. The number of hydrogen-bond donors (Lipinski definition) is 3. The van der Waals surface area contributed by atoms with E-state index in [0.29, 0.717) is 44.1 Å². The molecular weight excluding hydrogens is 774 g/mol. The van der Waals surface area contributed by atoms with Crippen molar-refractivity contribution in [3.8, 4) is 0 Å². The molecule has 0 aromatic rings. The summed E-state index contributed by atoms with van der Waals surface area (Å²) in [4.78, 5) is 39.5. The SMILES string of the molecule is COC1C[C@@H]2C=CC[C@@H](C[C@H](OC)C(CO)[C@@H](OC)C[C@@H](OC)[C@H](C)[C@@H]([C@@H](C)[C@@H](O)[C@@H](C)CCC(=O)[C@H](C)[C@H](OC)[C@H](C)/C=C/N(C)C=O)OC(=O)/C=C/C(C)=C/[C@@H]1O)O2. The van der Waals surface area contributed by atoms with E-state index in [9.17, 15) is 29.7 Å². The Kier molecular flexibility index (Phi) is 24.3. The zero-order valence-corrected chi connectivity index (χ0v) is 38.2. The Morgan fingerprint density at radius 1 is 0.967 bits per heavy atom. The number of aliphatic hydroxyl groups excluding tert-OH is 3. The molecule has 0 saturated carbocycles. The number of allylic oxidation sites excluding steroid dienone is 2. The van der Waals surface area contributed by atoms with Crippen LogP contribution in [0.5, 0.6) is 0 Å². The zero-order chi connectivity index (χ0) is 45.1. The summed E-state index contributed by atoms with van der Waals surface area (Å²) in [6.45, 7) is 10.9. The first-order chi connectivity index (χ1) is 28.5. The smallest absolute Gasteiger partial charge is 0.331 e. The number of aliphatic hydroxyl groups is 3. The number of amides is 1. The Balaban J connectivity index is 2.45. The maximum absolute atomic E-state index is 13.6. The van der Waals surface area contributed by atoms with E-state index in [1.54, 1.807) is 60.8 Å². The Hall–Kier alpha value is -2.79. The lowest BCUT2D eigenvalue weighted by atomic mass is 9.78. The van der Waals surface area contributed by atoms with E-state index in [-0.39, 0.29) is 42.9 Å². The standard InChI is InChI=1S/C46H77NO13/c1-28-16-19-43(52)60-46(33(6)44(53)29(2)17-18-37(50)31(4)45(58-12)30(3)20-21-47(7)27-49)32(5)39(54-8)25-41(56-10)36(26-48)40(55-9)23-34-14-13-15-35(59-34)24-42(57-11)38(51)22-28/h13,15-16,19-22,27,29-36,38-42,44-46,48,51,53H,14,17-18,23-26H2,1-12H3/b19-16+,21-20+,28-22+/t29-,30+,31-,32-,33-,34-,35-,36?,38-,39+,40-,41-,42?,44-,45+,46-/m0/s1. The fourth-order valence-electron chi connectivity index (χ4n) is 8.66. The Bertz CT molecular complexity index is 1400. The normalized spacial score (nSPS) is 33.3. The van der Waals surface area contributed by atoms with E-state index in [2.05, 4.69) is 6.08 Å². The Morgan fingerprint density at radius 2 is 1.60 bits per heavy atom. The highest BCUT2D eigenvalue weighted by atomic mass is 16.6. The molecule has 1 amide bonds. The van der Waals surface area contributed by atoms with Gasteiger partial charge in [0, 0.05) is 110 Å². The number of carbonyl (C=O) groups excluding carboxylic acids is 3. The number of carbonyl (C=O) groups is 3. The molecule has 0 fully saturated rings. The van der Waals surface area contributed by atoms with Crippen LogP contribution < -0.4 is 0 Å². The molecule has 344 valence electrons. The summed E-state index contributed by atoms with van der Waals surface area (Å²) in [5, 5.41) is 33.8. The maximum atomic E-state index is 13.6. The molecule has 0 aromatic carbocycles. The molecule has 2 heterocycles. The average Bonchev–Trinajstić information content (AvgIpc) is 3.24. The molecule has 2 aliphatic heterocycles. The summed E-state index contributed by atoms with van der Waals surface area (Å²) >= 11 is 0. The summed E-state index contributed by atoms with van der Waals surface area (Å²) in [5.41, 5.74) is 0.615. The summed E-state index contributed by atoms with van der Waals surface area (Å²) in [5.74, 6) is -3.15. The minimum Gasteiger partial charge on any atom is -0.458 e. The monoisotopic (exact) mass is 852 g/mol. The Morgan fingerprint density at radius 3 is 2.18 bits per heavy atom. The Labute approximate surface area is 359 Å². The molecule has 0 aromatic heterocycles. The number of rotatable bonds is 18. The van der Waals surface area contributed by atoms with Crippen LogP contribution in [0.25, 0.3) is 0 Å². The minimum atomic E-state index is -0.996. The number of methoxy groups -OCH3 is 5. The molecule has 2 bridgehead atoms. The van der Waals surface area contributed by atoms with Crippen LogP contribution >= 0.6 is 0 Å². The van der Waals surface area contributed by atoms with Gasteiger partial charge in [0.1, 0.15) is 11.9 Å². The molecule has 14 nitrogen and oxygen atoms in total. The molecule has 2 unspecified atom stereocenters. The van der Waals surface area contributed by atoms with Gasteiger partial charge in [0.2, 0.25) is 6.41 Å². The number of Topliss-reactive ketones (excluding diaryl/α,β-unsaturated/α-hetero) is 1. The molecule has 2 aliphatic rings. The first kappa shape index (κ1) is 53.3. The van der Waals surface area contributed by atoms with E-state index in [1.165, 1.54) is 18.1 Å². The lowest BCUT2D eigenvalue weighted by Crippen LogP contribution is -2.47. The second-order valence-electron chi connectivity index (χ2n) is 16.9. The van der Waals surface area contributed by atoms with E-state index in [1.807, 2.05) is 46.8 Å². The largest absolute Gasteiger partial charge is 0.458 e. The minimum absolute atomic E-state index is 0.0143. The van der Waals surface area contributed by atoms with Gasteiger partial charge >= 0.3 is 5.97 Å². The molecule has 0 spiro atoms. The van der Waals surface area contributed by atoms with Crippen molar-refractivity contribution in [1.82, 2.24) is 4.90 Å². The van der Waals surface area contributed by atoms with Gasteiger partial charge in [-0.15, -0.1) is 0 Å². The van der Waals surface area contributed by atoms with E-state index in [4.69, 9.17) is 33.2 Å². The topological polar surface area (TPSA) is 180 Å². The van der Waals surface area contributed by atoms with Gasteiger partial charge in [-0.3, -0.25) is 9.59 Å². The molecule has 0 aliphatic carbocycles. The van der Waals surface area contributed by atoms with E-state index < -0.39 is 78.5 Å². The van der Waals surface area contributed by atoms with Gasteiger partial charge in [-0.1, -0.05) is 70.6 Å². The van der Waals surface area contributed by atoms with Crippen molar-refractivity contribution in [1.29, 1.82) is 0 Å². The fraction of sp³-hybridized carbons (Fsp3) is 0.761. The summed E-state index contributed by atoms with van der Waals surface area (Å²) in [7, 11) is 9.47. The highest BCUT2D eigenvalue weighted by Gasteiger charge is 2.41. The number of ketones is 1. The number of cyclic esters (lactones) is 1. The number of esters is 1. The maximum Gasteiger partial charge on any atom is 0.331 e. The molecule has 16 atom stereocenters. The lowest BCUT2D eigenvalue weighted by Gasteiger charge is -2.39. The average molecular weight is 852 g/mol. The summed E-state index contributed by atoms with van der Waals surface area (Å²) < 4.78 is 42.1. The van der Waals surface area contributed by atoms with Gasteiger partial charge in [0.05, 0.1) is 61.5 Å². The van der Waals surface area contributed by atoms with Crippen molar-refractivity contribution in [3.05, 3.63) is 48.2 Å². The quantitative estimate of drug-likeness (QED) is 0.0971. The van der Waals surface area contributed by atoms with E-state index in [0.717, 1.165) is 0 Å². The molecule has 0 saturated heterocycles. The predicted octanol–water partition coefficient (Wildman–Crippen LogP) is 4.84. The number of hydrogen-bond acceptors (Lipinski definition) is 13. The van der Waals surface area contributed by atoms with Crippen molar-refractivity contribution < 1.29 is 62.9 Å². The van der Waals surface area contributed by atoms with Crippen molar-refractivity contribution >= 4 is 18.2 Å². The van der Waals surface area contributed by atoms with Crippen LogP contribution in [0, 0.1) is 35.5 Å². The van der Waals surface area contributed by atoms with Crippen LogP contribution in [-0.2, 0) is 47.5 Å². The lowest BCUT2D eigenvalue weighted by molar-refractivity contribution is -0.159. The van der Waals surface area contributed by atoms with Crippen molar-refractivity contribution in [2.75, 3.05) is 49.2 Å². The molecule has 14 heteroatoms. The van der Waals surface area contributed by atoms with Crippen LogP contribution in [-0.4, -0.2) is 149 Å². The first-order valence-electron chi connectivity index (χ1n) is 21.4. The zero-order valence-electron chi connectivity index (χ0n) is 38.2. The van der Waals surface area contributed by atoms with Gasteiger partial charge < -0.3 is 53.4 Å². The summed E-state index contributed by atoms with van der Waals surface area (Å²) in [6, 6.07) is 0. The van der Waals surface area contributed by atoms with Gasteiger partial charge in [-0.2, -0.15) is 0 Å². The molecule has 0 radical (unpaired) electrons. The van der Waals surface area contributed by atoms with Crippen LogP contribution in [0.3, 0.4) is 0 Å². The highest BCUT2D eigenvalue weighted by Crippen LogP contribution is 2.34. The van der Waals surface area contributed by atoms with E-state index >= 15 is 0 Å². The third-order valence-corrected chi connectivity index (χ3v) is 12.6. The van der Waals surface area contributed by atoms with Gasteiger partial charge in [-0.05, 0) is 25.7 Å². The first-order valence-corrected chi connectivity index (χ1v) is 21.4. The third kappa shape index (κ3) is 16.2. The summed E-state index contributed by atoms with van der Waals surface area (Å²) in [6.07, 6.45) is 9.18. The second-order valence-corrected chi connectivity index (χ2v) is 16.9. The molecular formula is C46H77NO13. The molecule has 3 N–H and O–H groups in total. The molecule has 2 rings (SSSR count). The number of fused-ring (bicyclic) bond motifs is 2. The van der Waals surface area contributed by atoms with Crippen LogP contribution in [0.4, 0.5) is 0 Å². The van der Waals surface area contributed by atoms with Crippen LogP contribution in [0.2, 0.25) is 0 Å². The van der Waals surface area contributed by atoms with Crippen molar-refractivity contribution in [3.63, 3.8) is 0 Å². The number of ether oxygens (including phenoxy) is 7. The van der Waals surface area contributed by atoms with Crippen molar-refractivity contribution in [2.24, 2.45) is 35.5 Å². The highest BCUT2D eigenvalue weighted by molar-refractivity contribution is 5.82. The third-order valence-electron chi connectivity index (χ3n) is 12.6. The van der Waals surface area contributed by atoms with Crippen LogP contribution in [0.1, 0.15) is 80.1 Å². The fourth-order valence-corrected chi connectivity index (χ4v) is 8.66. The van der Waals surface area contributed by atoms with Gasteiger partial charge in [0.15, 0.2) is 0 Å². The number of nitrogens with zero attached hydrogens (tertiary/aromatic N) is 1. The van der Waals surface area contributed by atoms with Crippen LogP contribution in [0.15, 0.2) is 48.2 Å². The van der Waals surface area contributed by atoms with Gasteiger partial charge in [-0.25, -0.2) is 4.79 Å². The molecule has 60 heavy (non-hydrogen) atoms.